The molecule has 0 unspecified atom stereocenters. The summed E-state index contributed by atoms with van der Waals surface area (Å²) in [6.45, 7) is 0. The first-order chi connectivity index (χ1) is 25.8. The van der Waals surface area contributed by atoms with Crippen LogP contribution in [-0.2, 0) is 5.41 Å². The van der Waals surface area contributed by atoms with Crippen molar-refractivity contribution in [1.29, 1.82) is 0 Å². The highest BCUT2D eigenvalue weighted by Gasteiger charge is 2.45. The molecule has 0 radical (unpaired) electrons. The summed E-state index contributed by atoms with van der Waals surface area (Å²) < 4.78 is 0. The fourth-order valence-corrected chi connectivity index (χ4v) is 8.60. The zero-order valence-electron chi connectivity index (χ0n) is 28.6. The molecular formula is C51H35N. The van der Waals surface area contributed by atoms with Gasteiger partial charge in [-0.1, -0.05) is 170 Å². The first kappa shape index (κ1) is 30.2. The van der Waals surface area contributed by atoms with Crippen molar-refractivity contribution >= 4 is 32.9 Å². The lowest BCUT2D eigenvalue weighted by Gasteiger charge is -2.33. The number of anilines is 2. The second-order valence-electron chi connectivity index (χ2n) is 13.8. The standard InChI is InChI=1S/C51H35N/c1-3-16-39(17-4-1)51(40-18-5-2-6-19-40)49-25-12-11-24-46(49)48-33-36(28-31-50(48)51)35-26-29-41(30-27-35)52-42-20-13-15-37(32-42)47-34-38-14-7-8-21-43(38)44-22-9-10-23-45(44)47/h1-34,52H. The van der Waals surface area contributed by atoms with Gasteiger partial charge < -0.3 is 5.32 Å². The molecule has 0 bridgehead atoms. The molecule has 1 nitrogen and oxygen atoms in total. The molecule has 10 rings (SSSR count). The smallest absolute Gasteiger partial charge is 0.0713 e. The number of benzene rings is 9. The molecule has 0 saturated carbocycles. The predicted octanol–water partition coefficient (Wildman–Crippen LogP) is 13.4. The minimum absolute atomic E-state index is 0.381. The van der Waals surface area contributed by atoms with Gasteiger partial charge in [-0.15, -0.1) is 0 Å². The second kappa shape index (κ2) is 12.3. The molecule has 1 heteroatoms. The largest absolute Gasteiger partial charge is 0.356 e. The lowest BCUT2D eigenvalue weighted by molar-refractivity contribution is 0.768. The third kappa shape index (κ3) is 4.78. The van der Waals surface area contributed by atoms with Gasteiger partial charge in [-0.25, -0.2) is 0 Å². The summed E-state index contributed by atoms with van der Waals surface area (Å²) in [5.74, 6) is 0. The summed E-state index contributed by atoms with van der Waals surface area (Å²) in [6.07, 6.45) is 0. The van der Waals surface area contributed by atoms with Gasteiger partial charge in [0.25, 0.3) is 0 Å². The van der Waals surface area contributed by atoms with Gasteiger partial charge in [-0.2, -0.15) is 0 Å². The Labute approximate surface area is 304 Å². The van der Waals surface area contributed by atoms with Gasteiger partial charge in [0.15, 0.2) is 0 Å². The summed E-state index contributed by atoms with van der Waals surface area (Å²) in [5.41, 5.74) is 14.4. The summed E-state index contributed by atoms with van der Waals surface area (Å²) >= 11 is 0. The Bertz CT molecular complexity index is 2700. The van der Waals surface area contributed by atoms with E-state index in [0.29, 0.717) is 0 Å². The quantitative estimate of drug-likeness (QED) is 0.175. The molecule has 9 aromatic carbocycles. The Kier molecular flexibility index (Phi) is 7.11. The van der Waals surface area contributed by atoms with E-state index in [0.717, 1.165) is 11.4 Å². The molecule has 0 saturated heterocycles. The fraction of sp³-hybridized carbons (Fsp3) is 0.0196. The van der Waals surface area contributed by atoms with Crippen LogP contribution in [0, 0.1) is 0 Å². The minimum Gasteiger partial charge on any atom is -0.356 e. The third-order valence-electron chi connectivity index (χ3n) is 10.9. The van der Waals surface area contributed by atoms with E-state index < -0.39 is 0 Å². The van der Waals surface area contributed by atoms with Gasteiger partial charge in [0.1, 0.15) is 0 Å². The van der Waals surface area contributed by atoms with Crippen molar-refractivity contribution in [2.24, 2.45) is 0 Å². The third-order valence-corrected chi connectivity index (χ3v) is 10.9. The molecule has 1 aliphatic carbocycles. The molecule has 0 atom stereocenters. The SMILES string of the molecule is c1ccc(C2(c3ccccc3)c3ccccc3-c3cc(-c4ccc(Nc5cccc(-c6cc7ccccc7c7ccccc67)c5)cc4)ccc32)cc1. The van der Waals surface area contributed by atoms with Crippen molar-refractivity contribution in [3.63, 3.8) is 0 Å². The zero-order chi connectivity index (χ0) is 34.5. The van der Waals surface area contributed by atoms with Gasteiger partial charge in [-0.05, 0) is 114 Å². The maximum Gasteiger partial charge on any atom is 0.0713 e. The molecular weight excluding hydrogens is 627 g/mol. The molecule has 0 fully saturated rings. The normalized spacial score (nSPS) is 12.8. The number of hydrogen-bond acceptors (Lipinski definition) is 1. The van der Waals surface area contributed by atoms with E-state index in [2.05, 4.69) is 212 Å². The molecule has 1 aliphatic rings. The van der Waals surface area contributed by atoms with Crippen molar-refractivity contribution in [2.45, 2.75) is 5.41 Å². The highest BCUT2D eigenvalue weighted by molar-refractivity contribution is 6.13. The van der Waals surface area contributed by atoms with Gasteiger partial charge >= 0.3 is 0 Å². The fourth-order valence-electron chi connectivity index (χ4n) is 8.60. The van der Waals surface area contributed by atoms with Crippen LogP contribution < -0.4 is 5.32 Å². The Morgan fingerprint density at radius 2 is 0.923 bits per heavy atom. The number of hydrogen-bond donors (Lipinski definition) is 1. The van der Waals surface area contributed by atoms with Crippen molar-refractivity contribution in [2.75, 3.05) is 5.32 Å². The van der Waals surface area contributed by atoms with E-state index >= 15 is 0 Å². The molecule has 9 aromatic rings. The molecule has 0 aliphatic heterocycles. The average molecular weight is 662 g/mol. The van der Waals surface area contributed by atoms with E-state index in [9.17, 15) is 0 Å². The van der Waals surface area contributed by atoms with Gasteiger partial charge in [-0.3, -0.25) is 0 Å². The van der Waals surface area contributed by atoms with Gasteiger partial charge in [0, 0.05) is 11.4 Å². The molecule has 0 heterocycles. The van der Waals surface area contributed by atoms with Crippen LogP contribution in [0.3, 0.4) is 0 Å². The average Bonchev–Trinajstić information content (AvgIpc) is 3.52. The molecule has 1 N–H and O–H groups in total. The molecule has 244 valence electrons. The van der Waals surface area contributed by atoms with E-state index in [-0.39, 0.29) is 5.41 Å². The van der Waals surface area contributed by atoms with Crippen LogP contribution in [0.4, 0.5) is 11.4 Å². The Hall–Kier alpha value is -6.70. The number of rotatable bonds is 6. The summed E-state index contributed by atoms with van der Waals surface area (Å²) in [5, 5.41) is 8.77. The van der Waals surface area contributed by atoms with Crippen molar-refractivity contribution in [3.8, 4) is 33.4 Å². The van der Waals surface area contributed by atoms with E-state index in [1.165, 1.54) is 77.2 Å². The Morgan fingerprint density at radius 1 is 0.308 bits per heavy atom. The topological polar surface area (TPSA) is 12.0 Å². The molecule has 0 aromatic heterocycles. The Morgan fingerprint density at radius 3 is 1.69 bits per heavy atom. The van der Waals surface area contributed by atoms with Crippen LogP contribution in [0.25, 0.3) is 54.9 Å². The molecule has 52 heavy (non-hydrogen) atoms. The highest BCUT2D eigenvalue weighted by Crippen LogP contribution is 2.56. The highest BCUT2D eigenvalue weighted by atomic mass is 14.9. The van der Waals surface area contributed by atoms with E-state index in [4.69, 9.17) is 0 Å². The van der Waals surface area contributed by atoms with E-state index in [1.54, 1.807) is 0 Å². The number of nitrogens with one attached hydrogen (secondary N) is 1. The number of fused-ring (bicyclic) bond motifs is 6. The Balaban J connectivity index is 0.996. The summed E-state index contributed by atoms with van der Waals surface area (Å²) in [7, 11) is 0. The maximum absolute atomic E-state index is 3.68. The van der Waals surface area contributed by atoms with Crippen LogP contribution in [-0.4, -0.2) is 0 Å². The predicted molar refractivity (Wildman–Crippen MR) is 219 cm³/mol. The van der Waals surface area contributed by atoms with Crippen molar-refractivity contribution in [3.05, 3.63) is 229 Å². The van der Waals surface area contributed by atoms with Crippen LogP contribution >= 0.6 is 0 Å². The van der Waals surface area contributed by atoms with Crippen molar-refractivity contribution < 1.29 is 0 Å². The molecule has 0 amide bonds. The van der Waals surface area contributed by atoms with E-state index in [1.807, 2.05) is 0 Å². The lowest BCUT2D eigenvalue weighted by Crippen LogP contribution is -2.28. The van der Waals surface area contributed by atoms with Crippen LogP contribution in [0.2, 0.25) is 0 Å². The monoisotopic (exact) mass is 661 g/mol. The van der Waals surface area contributed by atoms with Gasteiger partial charge in [0.2, 0.25) is 0 Å². The lowest BCUT2D eigenvalue weighted by atomic mass is 9.67. The van der Waals surface area contributed by atoms with Gasteiger partial charge in [0.05, 0.1) is 5.41 Å². The second-order valence-corrected chi connectivity index (χ2v) is 13.8. The maximum atomic E-state index is 3.68. The first-order valence-corrected chi connectivity index (χ1v) is 18.0. The summed E-state index contributed by atoms with van der Waals surface area (Å²) in [6, 6.07) is 75.2. The zero-order valence-corrected chi connectivity index (χ0v) is 28.6. The summed E-state index contributed by atoms with van der Waals surface area (Å²) in [4.78, 5) is 0. The van der Waals surface area contributed by atoms with Crippen LogP contribution in [0.5, 0.6) is 0 Å². The minimum atomic E-state index is -0.381. The molecule has 0 spiro atoms. The van der Waals surface area contributed by atoms with Crippen LogP contribution in [0.1, 0.15) is 22.3 Å². The van der Waals surface area contributed by atoms with Crippen LogP contribution in [0.15, 0.2) is 206 Å². The first-order valence-electron chi connectivity index (χ1n) is 18.0. The van der Waals surface area contributed by atoms with Crippen molar-refractivity contribution in [1.82, 2.24) is 0 Å².